The summed E-state index contributed by atoms with van der Waals surface area (Å²) in [4.78, 5) is 27.8. The van der Waals surface area contributed by atoms with Crippen molar-refractivity contribution >= 4 is 40.6 Å². The Bertz CT molecular complexity index is 1280. The first-order chi connectivity index (χ1) is 15.9. The highest BCUT2D eigenvalue weighted by atomic mass is 32.1. The van der Waals surface area contributed by atoms with Crippen LogP contribution in [-0.4, -0.2) is 34.7 Å². The van der Waals surface area contributed by atoms with E-state index in [-0.39, 0.29) is 11.8 Å². The van der Waals surface area contributed by atoms with Gasteiger partial charge >= 0.3 is 0 Å². The van der Waals surface area contributed by atoms with Gasteiger partial charge < -0.3 is 20.8 Å². The summed E-state index contributed by atoms with van der Waals surface area (Å²) in [6, 6.07) is 17.7. The number of nitrogens with one attached hydrogen (secondary N) is 2. The Hall–Kier alpha value is -3.26. The zero-order valence-electron chi connectivity index (χ0n) is 18.0. The molecule has 7 heteroatoms. The number of thiophene rings is 1. The van der Waals surface area contributed by atoms with Crippen molar-refractivity contribution in [3.63, 3.8) is 0 Å². The van der Waals surface area contributed by atoms with Gasteiger partial charge in [-0.2, -0.15) is 0 Å². The number of carbonyl (C=O) groups excluding carboxylic acids is 2. The molecule has 2 heterocycles. The van der Waals surface area contributed by atoms with Gasteiger partial charge in [0.1, 0.15) is 0 Å². The summed E-state index contributed by atoms with van der Waals surface area (Å²) in [5, 5.41) is 24.2. The van der Waals surface area contributed by atoms with Crippen LogP contribution in [0.1, 0.15) is 38.3 Å². The highest BCUT2D eigenvalue weighted by Crippen LogP contribution is 2.51. The summed E-state index contributed by atoms with van der Waals surface area (Å²) in [6.07, 6.45) is 1.47. The average molecular weight is 461 g/mol. The SMILES string of the molecule is Cc1ccc(CC2=Cc3ccccc3C2C2C(=O)Nc3ccc(NC(=O)C(O)CO)cc32)s1. The highest BCUT2D eigenvalue weighted by molar-refractivity contribution is 7.11. The second-order valence-electron chi connectivity index (χ2n) is 8.47. The summed E-state index contributed by atoms with van der Waals surface area (Å²) in [5.74, 6) is -1.31. The lowest BCUT2D eigenvalue weighted by molar-refractivity contribution is -0.125. The lowest BCUT2D eigenvalue weighted by Gasteiger charge is -2.23. The number of benzene rings is 2. The first-order valence-electron chi connectivity index (χ1n) is 10.8. The molecule has 2 amide bonds. The number of aliphatic hydroxyl groups is 2. The molecule has 2 aromatic carbocycles. The van der Waals surface area contributed by atoms with E-state index in [1.165, 1.54) is 15.3 Å². The van der Waals surface area contributed by atoms with Gasteiger partial charge in [0.25, 0.3) is 5.91 Å². The third-order valence-corrected chi connectivity index (χ3v) is 7.25. The fraction of sp³-hybridized carbons (Fsp3) is 0.231. The molecule has 1 aliphatic heterocycles. The van der Waals surface area contributed by atoms with Gasteiger partial charge in [0.05, 0.1) is 12.5 Å². The molecule has 0 bridgehead atoms. The van der Waals surface area contributed by atoms with Gasteiger partial charge in [-0.15, -0.1) is 11.3 Å². The van der Waals surface area contributed by atoms with Crippen molar-refractivity contribution in [2.24, 2.45) is 0 Å². The minimum Gasteiger partial charge on any atom is -0.393 e. The van der Waals surface area contributed by atoms with E-state index >= 15 is 0 Å². The normalized spacial score (nSPS) is 19.5. The number of allylic oxidation sites excluding steroid dienone is 1. The minimum atomic E-state index is -1.50. The minimum absolute atomic E-state index is 0.0705. The molecular weight excluding hydrogens is 436 g/mol. The Morgan fingerprint density at radius 3 is 2.70 bits per heavy atom. The number of amides is 2. The maximum Gasteiger partial charge on any atom is 0.255 e. The molecule has 0 spiro atoms. The molecule has 168 valence electrons. The topological polar surface area (TPSA) is 98.7 Å². The largest absolute Gasteiger partial charge is 0.393 e. The van der Waals surface area contributed by atoms with E-state index in [0.717, 1.165) is 28.8 Å². The van der Waals surface area contributed by atoms with E-state index in [0.29, 0.717) is 5.69 Å². The predicted molar refractivity (Wildman–Crippen MR) is 129 cm³/mol. The van der Waals surface area contributed by atoms with Gasteiger partial charge in [-0.3, -0.25) is 9.59 Å². The average Bonchev–Trinajstić information content (AvgIpc) is 3.47. The fourth-order valence-corrected chi connectivity index (χ4v) is 5.68. The van der Waals surface area contributed by atoms with Gasteiger partial charge in [0, 0.05) is 33.5 Å². The molecule has 5 rings (SSSR count). The number of aliphatic hydroxyl groups excluding tert-OH is 2. The van der Waals surface area contributed by atoms with Crippen molar-refractivity contribution in [3.8, 4) is 0 Å². The van der Waals surface area contributed by atoms with Gasteiger partial charge in [0.2, 0.25) is 5.91 Å². The quantitative estimate of drug-likeness (QED) is 0.450. The van der Waals surface area contributed by atoms with Gasteiger partial charge in [0.15, 0.2) is 6.10 Å². The highest BCUT2D eigenvalue weighted by Gasteiger charge is 2.42. The van der Waals surface area contributed by atoms with E-state index in [2.05, 4.69) is 47.9 Å². The second-order valence-corrected chi connectivity index (χ2v) is 9.84. The molecule has 3 aromatic rings. The standard InChI is InChI=1S/C26H24N2O4S/c1-14-6-8-18(33-14)11-16-10-15-4-2-3-5-19(15)23(16)24-20-12-17(27-25(31)22(30)13-29)7-9-21(20)28-26(24)32/h2-10,12,22-24,29-30H,11,13H2,1H3,(H,27,31)(H,28,32). The van der Waals surface area contributed by atoms with Gasteiger partial charge in [-0.25, -0.2) is 0 Å². The summed E-state index contributed by atoms with van der Waals surface area (Å²) in [5.41, 5.74) is 5.45. The molecule has 2 aliphatic rings. The molecule has 3 unspecified atom stereocenters. The van der Waals surface area contributed by atoms with Crippen molar-refractivity contribution in [1.82, 2.24) is 0 Å². The maximum atomic E-state index is 13.2. The van der Waals surface area contributed by atoms with Crippen LogP contribution < -0.4 is 10.6 Å². The summed E-state index contributed by atoms with van der Waals surface area (Å²) in [7, 11) is 0. The van der Waals surface area contributed by atoms with Crippen molar-refractivity contribution < 1.29 is 19.8 Å². The number of fused-ring (bicyclic) bond motifs is 2. The second kappa shape index (κ2) is 8.59. The first-order valence-corrected chi connectivity index (χ1v) is 11.7. The van der Waals surface area contributed by atoms with Gasteiger partial charge in [-0.1, -0.05) is 35.9 Å². The summed E-state index contributed by atoms with van der Waals surface area (Å²) >= 11 is 1.77. The Balaban J connectivity index is 1.52. The molecule has 0 saturated carbocycles. The van der Waals surface area contributed by atoms with Crippen LogP contribution in [0.5, 0.6) is 0 Å². The monoisotopic (exact) mass is 460 g/mol. The lowest BCUT2D eigenvalue weighted by atomic mass is 9.79. The zero-order valence-corrected chi connectivity index (χ0v) is 18.9. The van der Waals surface area contributed by atoms with E-state index in [9.17, 15) is 14.7 Å². The fourth-order valence-electron chi connectivity index (χ4n) is 4.75. The molecule has 0 saturated heterocycles. The van der Waals surface area contributed by atoms with Crippen LogP contribution in [0.3, 0.4) is 0 Å². The van der Waals surface area contributed by atoms with Crippen LogP contribution in [0.25, 0.3) is 6.08 Å². The molecule has 0 fully saturated rings. The zero-order chi connectivity index (χ0) is 23.1. The number of rotatable bonds is 6. The van der Waals surface area contributed by atoms with Crippen molar-refractivity contribution in [3.05, 3.63) is 86.6 Å². The third-order valence-electron chi connectivity index (χ3n) is 6.25. The van der Waals surface area contributed by atoms with E-state index in [1.54, 1.807) is 29.5 Å². The van der Waals surface area contributed by atoms with Crippen LogP contribution in [-0.2, 0) is 16.0 Å². The molecule has 3 atom stereocenters. The Morgan fingerprint density at radius 2 is 1.94 bits per heavy atom. The van der Waals surface area contributed by atoms with E-state index in [1.807, 2.05) is 12.1 Å². The molecule has 4 N–H and O–H groups in total. The van der Waals surface area contributed by atoms with Crippen LogP contribution >= 0.6 is 11.3 Å². The number of hydrogen-bond acceptors (Lipinski definition) is 5. The molecular formula is C26H24N2O4S. The van der Waals surface area contributed by atoms with Crippen molar-refractivity contribution in [2.45, 2.75) is 31.3 Å². The van der Waals surface area contributed by atoms with Crippen LogP contribution in [0, 0.1) is 6.92 Å². The third kappa shape index (κ3) is 3.99. The number of aryl methyl sites for hydroxylation is 1. The summed E-state index contributed by atoms with van der Waals surface area (Å²) < 4.78 is 0. The first kappa shape index (κ1) is 21.6. The number of anilines is 2. The lowest BCUT2D eigenvalue weighted by Crippen LogP contribution is -2.30. The van der Waals surface area contributed by atoms with Crippen LogP contribution in [0.4, 0.5) is 11.4 Å². The number of carbonyl (C=O) groups is 2. The molecule has 0 radical (unpaired) electrons. The van der Waals surface area contributed by atoms with Crippen molar-refractivity contribution in [2.75, 3.05) is 17.2 Å². The van der Waals surface area contributed by atoms with E-state index in [4.69, 9.17) is 5.11 Å². The smallest absolute Gasteiger partial charge is 0.255 e. The van der Waals surface area contributed by atoms with Crippen LogP contribution in [0.2, 0.25) is 0 Å². The number of hydrogen-bond donors (Lipinski definition) is 4. The van der Waals surface area contributed by atoms with Crippen molar-refractivity contribution in [1.29, 1.82) is 0 Å². The molecule has 6 nitrogen and oxygen atoms in total. The molecule has 33 heavy (non-hydrogen) atoms. The Kier molecular flexibility index (Phi) is 5.62. The maximum absolute atomic E-state index is 13.2. The van der Waals surface area contributed by atoms with E-state index < -0.39 is 24.5 Å². The van der Waals surface area contributed by atoms with Crippen LogP contribution in [0.15, 0.2) is 60.2 Å². The Morgan fingerprint density at radius 1 is 1.12 bits per heavy atom. The predicted octanol–water partition coefficient (Wildman–Crippen LogP) is 3.81. The molecule has 1 aliphatic carbocycles. The summed E-state index contributed by atoms with van der Waals surface area (Å²) in [6.45, 7) is 1.43. The molecule has 1 aromatic heterocycles. The van der Waals surface area contributed by atoms with Gasteiger partial charge in [-0.05, 0) is 53.9 Å². The Labute approximate surface area is 195 Å².